The van der Waals surface area contributed by atoms with Crippen LogP contribution < -0.4 is 5.32 Å². The van der Waals surface area contributed by atoms with Crippen molar-refractivity contribution in [2.75, 3.05) is 11.5 Å². The van der Waals surface area contributed by atoms with Crippen LogP contribution >= 0.6 is 11.8 Å². The standard InChI is InChI=1S/C9H15NS/c1-3-4-8(2)10-9-5-6-11-7-9/h1,8-10H,4-7H2,2H3. The molecule has 2 atom stereocenters. The van der Waals surface area contributed by atoms with Crippen LogP contribution in [0, 0.1) is 12.3 Å². The Morgan fingerprint density at radius 3 is 3.18 bits per heavy atom. The lowest BCUT2D eigenvalue weighted by atomic mass is 10.2. The highest BCUT2D eigenvalue weighted by Crippen LogP contribution is 2.17. The van der Waals surface area contributed by atoms with Crippen molar-refractivity contribution in [3.8, 4) is 12.3 Å². The van der Waals surface area contributed by atoms with E-state index >= 15 is 0 Å². The van der Waals surface area contributed by atoms with E-state index in [-0.39, 0.29) is 0 Å². The summed E-state index contributed by atoms with van der Waals surface area (Å²) in [5.74, 6) is 5.24. The predicted octanol–water partition coefficient (Wildman–Crippen LogP) is 1.49. The van der Waals surface area contributed by atoms with Crippen LogP contribution in [-0.4, -0.2) is 23.6 Å². The zero-order chi connectivity index (χ0) is 8.10. The van der Waals surface area contributed by atoms with Gasteiger partial charge in [-0.15, -0.1) is 12.3 Å². The van der Waals surface area contributed by atoms with Gasteiger partial charge in [-0.1, -0.05) is 0 Å². The van der Waals surface area contributed by atoms with E-state index in [0.29, 0.717) is 12.1 Å². The fourth-order valence-corrected chi connectivity index (χ4v) is 2.47. The van der Waals surface area contributed by atoms with E-state index < -0.39 is 0 Å². The van der Waals surface area contributed by atoms with Gasteiger partial charge in [0.25, 0.3) is 0 Å². The fraction of sp³-hybridized carbons (Fsp3) is 0.778. The van der Waals surface area contributed by atoms with Crippen molar-refractivity contribution in [2.24, 2.45) is 0 Å². The van der Waals surface area contributed by atoms with Crippen LogP contribution in [0.5, 0.6) is 0 Å². The lowest BCUT2D eigenvalue weighted by molar-refractivity contribution is 0.479. The average Bonchev–Trinajstić information content (AvgIpc) is 2.40. The second-order valence-corrected chi connectivity index (χ2v) is 4.19. The summed E-state index contributed by atoms with van der Waals surface area (Å²) < 4.78 is 0. The van der Waals surface area contributed by atoms with Crippen LogP contribution in [0.2, 0.25) is 0 Å². The molecular formula is C9H15NS. The van der Waals surface area contributed by atoms with Crippen molar-refractivity contribution in [1.29, 1.82) is 0 Å². The number of rotatable bonds is 3. The Balaban J connectivity index is 2.14. The Morgan fingerprint density at radius 1 is 1.82 bits per heavy atom. The molecule has 0 spiro atoms. The number of hydrogen-bond donors (Lipinski definition) is 1. The topological polar surface area (TPSA) is 12.0 Å². The van der Waals surface area contributed by atoms with Gasteiger partial charge >= 0.3 is 0 Å². The molecule has 1 N–H and O–H groups in total. The largest absolute Gasteiger partial charge is 0.310 e. The van der Waals surface area contributed by atoms with Gasteiger partial charge in [0, 0.05) is 24.3 Å². The normalized spacial score (nSPS) is 26.4. The highest BCUT2D eigenvalue weighted by atomic mass is 32.2. The van der Waals surface area contributed by atoms with Crippen molar-refractivity contribution in [3.63, 3.8) is 0 Å². The molecule has 1 fully saturated rings. The zero-order valence-corrected chi connectivity index (χ0v) is 7.79. The average molecular weight is 169 g/mol. The van der Waals surface area contributed by atoms with Crippen LogP contribution in [0.25, 0.3) is 0 Å². The number of terminal acetylenes is 1. The Labute approximate surface area is 73.3 Å². The second kappa shape index (κ2) is 4.69. The summed E-state index contributed by atoms with van der Waals surface area (Å²) in [6.45, 7) is 2.16. The van der Waals surface area contributed by atoms with Crippen molar-refractivity contribution in [3.05, 3.63) is 0 Å². The SMILES string of the molecule is C#CCC(C)NC1CCSC1. The summed E-state index contributed by atoms with van der Waals surface area (Å²) in [7, 11) is 0. The molecule has 2 unspecified atom stereocenters. The van der Waals surface area contributed by atoms with E-state index in [9.17, 15) is 0 Å². The molecule has 1 saturated heterocycles. The number of thioether (sulfide) groups is 1. The number of nitrogens with one attached hydrogen (secondary N) is 1. The van der Waals surface area contributed by atoms with Gasteiger partial charge in [0.2, 0.25) is 0 Å². The number of hydrogen-bond acceptors (Lipinski definition) is 2. The molecule has 11 heavy (non-hydrogen) atoms. The lowest BCUT2D eigenvalue weighted by Gasteiger charge is -2.16. The molecule has 0 aromatic rings. The van der Waals surface area contributed by atoms with Crippen LogP contribution in [0.3, 0.4) is 0 Å². The molecule has 1 nitrogen and oxygen atoms in total. The van der Waals surface area contributed by atoms with E-state index in [1.165, 1.54) is 17.9 Å². The zero-order valence-electron chi connectivity index (χ0n) is 6.97. The maximum absolute atomic E-state index is 5.21. The van der Waals surface area contributed by atoms with Crippen molar-refractivity contribution in [2.45, 2.75) is 31.8 Å². The van der Waals surface area contributed by atoms with Gasteiger partial charge in [-0.25, -0.2) is 0 Å². The van der Waals surface area contributed by atoms with Gasteiger partial charge in [-0.2, -0.15) is 11.8 Å². The summed E-state index contributed by atoms with van der Waals surface area (Å²) in [5, 5.41) is 3.52. The summed E-state index contributed by atoms with van der Waals surface area (Å²) in [6, 6.07) is 1.20. The van der Waals surface area contributed by atoms with Crippen LogP contribution in [0.15, 0.2) is 0 Å². The molecule has 1 rings (SSSR count). The minimum atomic E-state index is 0.490. The summed E-state index contributed by atoms with van der Waals surface area (Å²) in [4.78, 5) is 0. The third-order valence-corrected chi connectivity index (χ3v) is 3.04. The van der Waals surface area contributed by atoms with Gasteiger partial charge in [0.1, 0.15) is 0 Å². The Bertz CT molecular complexity index is 144. The van der Waals surface area contributed by atoms with Crippen LogP contribution in [0.1, 0.15) is 19.8 Å². The smallest absolute Gasteiger partial charge is 0.0238 e. The molecule has 0 radical (unpaired) electrons. The molecule has 1 aliphatic rings. The van der Waals surface area contributed by atoms with Gasteiger partial charge in [-0.3, -0.25) is 0 Å². The molecular weight excluding hydrogens is 154 g/mol. The molecule has 0 aromatic carbocycles. The van der Waals surface area contributed by atoms with E-state index in [1.54, 1.807) is 0 Å². The molecule has 0 bridgehead atoms. The highest BCUT2D eigenvalue weighted by molar-refractivity contribution is 7.99. The molecule has 1 heterocycles. The third kappa shape index (κ3) is 3.18. The first-order valence-corrected chi connectivity index (χ1v) is 5.25. The van der Waals surface area contributed by atoms with Crippen molar-refractivity contribution >= 4 is 11.8 Å². The van der Waals surface area contributed by atoms with Gasteiger partial charge < -0.3 is 5.32 Å². The van der Waals surface area contributed by atoms with Gasteiger partial charge in [-0.05, 0) is 19.1 Å². The van der Waals surface area contributed by atoms with Crippen LogP contribution in [0.4, 0.5) is 0 Å². The summed E-state index contributed by atoms with van der Waals surface area (Å²) in [6.07, 6.45) is 7.36. The minimum Gasteiger partial charge on any atom is -0.310 e. The Kier molecular flexibility index (Phi) is 3.82. The maximum atomic E-state index is 5.21. The van der Waals surface area contributed by atoms with Gasteiger partial charge in [0.15, 0.2) is 0 Å². The first-order chi connectivity index (χ1) is 5.33. The lowest BCUT2D eigenvalue weighted by Crippen LogP contribution is -2.36. The first-order valence-electron chi connectivity index (χ1n) is 4.10. The van der Waals surface area contributed by atoms with E-state index in [1.807, 2.05) is 11.8 Å². The molecule has 0 aromatic heterocycles. The summed E-state index contributed by atoms with van der Waals surface area (Å²) in [5.41, 5.74) is 0. The fourth-order valence-electron chi connectivity index (χ4n) is 1.30. The molecule has 62 valence electrons. The van der Waals surface area contributed by atoms with Crippen LogP contribution in [-0.2, 0) is 0 Å². The van der Waals surface area contributed by atoms with Crippen molar-refractivity contribution in [1.82, 2.24) is 5.32 Å². The van der Waals surface area contributed by atoms with E-state index in [0.717, 1.165) is 6.42 Å². The van der Waals surface area contributed by atoms with E-state index in [4.69, 9.17) is 6.42 Å². The molecule has 0 saturated carbocycles. The highest BCUT2D eigenvalue weighted by Gasteiger charge is 2.16. The second-order valence-electron chi connectivity index (χ2n) is 3.04. The summed E-state index contributed by atoms with van der Waals surface area (Å²) >= 11 is 2.03. The maximum Gasteiger partial charge on any atom is 0.0238 e. The van der Waals surface area contributed by atoms with E-state index in [2.05, 4.69) is 18.2 Å². The quantitative estimate of drug-likeness (QED) is 0.642. The monoisotopic (exact) mass is 169 g/mol. The van der Waals surface area contributed by atoms with Gasteiger partial charge in [0.05, 0.1) is 0 Å². The molecule has 1 aliphatic heterocycles. The third-order valence-electron chi connectivity index (χ3n) is 1.87. The Morgan fingerprint density at radius 2 is 2.64 bits per heavy atom. The first kappa shape index (κ1) is 8.96. The van der Waals surface area contributed by atoms with Crippen molar-refractivity contribution < 1.29 is 0 Å². The molecule has 0 aliphatic carbocycles. The Hall–Kier alpha value is -0.130. The molecule has 2 heteroatoms. The minimum absolute atomic E-state index is 0.490. The predicted molar refractivity (Wildman–Crippen MR) is 51.8 cm³/mol. The molecule has 0 amide bonds.